The quantitative estimate of drug-likeness (QED) is 0.755. The number of hydrogen-bond donors (Lipinski definition) is 2. The van der Waals surface area contributed by atoms with Gasteiger partial charge in [-0.05, 0) is 38.5 Å². The third-order valence-corrected chi connectivity index (χ3v) is 3.73. The zero-order valence-electron chi connectivity index (χ0n) is 15.0. The van der Waals surface area contributed by atoms with E-state index in [0.717, 1.165) is 16.5 Å². The number of nitrogens with zero attached hydrogens (tertiary/aromatic N) is 1. The maximum absolute atomic E-state index is 11.9. The van der Waals surface area contributed by atoms with Crippen LogP contribution in [0.2, 0.25) is 0 Å². The normalized spacial score (nSPS) is 11.3. The third-order valence-electron chi connectivity index (χ3n) is 3.73. The third kappa shape index (κ3) is 4.08. The fraction of sp³-hybridized carbons (Fsp3) is 0.250. The molecule has 2 aromatic carbocycles. The number of H-pyrrole nitrogens is 1. The number of fused-ring (bicyclic) bond motifs is 1. The zero-order valence-corrected chi connectivity index (χ0v) is 15.0. The Morgan fingerprint density at radius 2 is 1.85 bits per heavy atom. The number of benzene rings is 2. The molecule has 0 aliphatic carbocycles. The van der Waals surface area contributed by atoms with E-state index in [9.17, 15) is 9.59 Å². The lowest BCUT2D eigenvalue weighted by Crippen LogP contribution is -2.32. The molecule has 0 saturated heterocycles. The van der Waals surface area contributed by atoms with Gasteiger partial charge in [-0.15, -0.1) is 0 Å². The van der Waals surface area contributed by atoms with Crippen molar-refractivity contribution < 1.29 is 9.53 Å². The largest absolute Gasteiger partial charge is 0.444 e. The first-order valence-electron chi connectivity index (χ1n) is 8.37. The average Bonchev–Trinajstić information content (AvgIpc) is 2.59. The van der Waals surface area contributed by atoms with E-state index in [1.54, 1.807) is 6.07 Å². The van der Waals surface area contributed by atoms with Crippen LogP contribution in [-0.4, -0.2) is 21.9 Å². The predicted octanol–water partition coefficient (Wildman–Crippen LogP) is 3.61. The highest BCUT2D eigenvalue weighted by atomic mass is 16.6. The van der Waals surface area contributed by atoms with Crippen LogP contribution < -0.4 is 10.9 Å². The van der Waals surface area contributed by atoms with Crippen LogP contribution in [0.1, 0.15) is 26.3 Å². The summed E-state index contributed by atoms with van der Waals surface area (Å²) in [7, 11) is 0. The van der Waals surface area contributed by atoms with Gasteiger partial charge >= 0.3 is 6.09 Å². The van der Waals surface area contributed by atoms with Crippen LogP contribution in [0, 0.1) is 0 Å². The van der Waals surface area contributed by atoms with Crippen molar-refractivity contribution in [3.05, 3.63) is 64.4 Å². The SMILES string of the molecule is CC(C)(C)OC(=O)NCc1cccc(-c2n[nH]c(=O)c3ccccc23)c1. The van der Waals surface area contributed by atoms with E-state index in [0.29, 0.717) is 17.6 Å². The van der Waals surface area contributed by atoms with Gasteiger partial charge in [0.15, 0.2) is 0 Å². The fourth-order valence-electron chi connectivity index (χ4n) is 2.65. The van der Waals surface area contributed by atoms with Crippen molar-refractivity contribution in [2.45, 2.75) is 32.9 Å². The number of aromatic amines is 1. The number of carbonyl (C=O) groups is 1. The van der Waals surface area contributed by atoms with Crippen molar-refractivity contribution in [1.82, 2.24) is 15.5 Å². The lowest BCUT2D eigenvalue weighted by molar-refractivity contribution is 0.0523. The van der Waals surface area contributed by atoms with Gasteiger partial charge in [-0.3, -0.25) is 4.79 Å². The van der Waals surface area contributed by atoms with Gasteiger partial charge in [0, 0.05) is 17.5 Å². The molecule has 0 aliphatic heterocycles. The molecule has 1 aromatic heterocycles. The molecule has 1 heterocycles. The van der Waals surface area contributed by atoms with Gasteiger partial charge in [0.2, 0.25) is 0 Å². The van der Waals surface area contributed by atoms with Crippen LogP contribution in [0.3, 0.4) is 0 Å². The standard InChI is InChI=1S/C20H21N3O3/c1-20(2,3)26-19(25)21-12-13-7-6-8-14(11-13)17-15-9-4-5-10-16(15)18(24)23-22-17/h4-11H,12H2,1-3H3,(H,21,25)(H,23,24). The Hall–Kier alpha value is -3.15. The minimum atomic E-state index is -0.537. The van der Waals surface area contributed by atoms with E-state index in [4.69, 9.17) is 4.74 Å². The number of aromatic nitrogens is 2. The summed E-state index contributed by atoms with van der Waals surface area (Å²) in [5.41, 5.74) is 1.71. The average molecular weight is 351 g/mol. The summed E-state index contributed by atoms with van der Waals surface area (Å²) in [6.45, 7) is 5.80. The summed E-state index contributed by atoms with van der Waals surface area (Å²) in [5, 5.41) is 10.9. The zero-order chi connectivity index (χ0) is 18.7. The Balaban J connectivity index is 1.86. The first-order valence-corrected chi connectivity index (χ1v) is 8.37. The van der Waals surface area contributed by atoms with Crippen molar-refractivity contribution in [1.29, 1.82) is 0 Å². The van der Waals surface area contributed by atoms with Gasteiger partial charge in [0.05, 0.1) is 11.1 Å². The van der Waals surface area contributed by atoms with Crippen molar-refractivity contribution in [3.8, 4) is 11.3 Å². The van der Waals surface area contributed by atoms with Gasteiger partial charge < -0.3 is 10.1 Å². The molecular weight excluding hydrogens is 330 g/mol. The van der Waals surface area contributed by atoms with Crippen LogP contribution in [0.15, 0.2) is 53.3 Å². The second kappa shape index (κ2) is 7.00. The number of nitrogens with one attached hydrogen (secondary N) is 2. The van der Waals surface area contributed by atoms with Gasteiger partial charge in [0.25, 0.3) is 5.56 Å². The summed E-state index contributed by atoms with van der Waals surface area (Å²) in [5.74, 6) is 0. The number of amides is 1. The maximum atomic E-state index is 11.9. The molecule has 3 aromatic rings. The molecule has 0 aliphatic rings. The lowest BCUT2D eigenvalue weighted by Gasteiger charge is -2.19. The number of ether oxygens (including phenoxy) is 1. The molecular formula is C20H21N3O3. The molecule has 0 radical (unpaired) electrons. The second-order valence-corrected chi connectivity index (χ2v) is 7.00. The Kier molecular flexibility index (Phi) is 4.75. The molecule has 0 bridgehead atoms. The number of alkyl carbamates (subject to hydrolysis) is 1. The Morgan fingerprint density at radius 1 is 1.12 bits per heavy atom. The molecule has 3 rings (SSSR count). The van der Waals surface area contributed by atoms with Crippen molar-refractivity contribution in [3.63, 3.8) is 0 Å². The van der Waals surface area contributed by atoms with Gasteiger partial charge in [-0.2, -0.15) is 5.10 Å². The summed E-state index contributed by atoms with van der Waals surface area (Å²) in [4.78, 5) is 23.8. The smallest absolute Gasteiger partial charge is 0.407 e. The van der Waals surface area contributed by atoms with Gasteiger partial charge in [-0.1, -0.05) is 36.4 Å². The minimum absolute atomic E-state index is 0.216. The van der Waals surface area contributed by atoms with Crippen molar-refractivity contribution in [2.75, 3.05) is 0 Å². The lowest BCUT2D eigenvalue weighted by atomic mass is 10.0. The minimum Gasteiger partial charge on any atom is -0.444 e. The van der Waals surface area contributed by atoms with E-state index in [1.807, 2.05) is 63.2 Å². The molecule has 0 unspecified atom stereocenters. The molecule has 134 valence electrons. The van der Waals surface area contributed by atoms with Crippen LogP contribution >= 0.6 is 0 Å². The van der Waals surface area contributed by atoms with Gasteiger partial charge in [0.1, 0.15) is 5.60 Å². The van der Waals surface area contributed by atoms with E-state index in [1.165, 1.54) is 0 Å². The molecule has 0 saturated carbocycles. The summed E-state index contributed by atoms with van der Waals surface area (Å²) in [6.07, 6.45) is -0.462. The van der Waals surface area contributed by atoms with Crippen molar-refractivity contribution >= 4 is 16.9 Å². The van der Waals surface area contributed by atoms with E-state index >= 15 is 0 Å². The molecule has 2 N–H and O–H groups in total. The van der Waals surface area contributed by atoms with E-state index < -0.39 is 11.7 Å². The van der Waals surface area contributed by atoms with Crippen LogP contribution in [0.4, 0.5) is 4.79 Å². The molecule has 6 nitrogen and oxygen atoms in total. The maximum Gasteiger partial charge on any atom is 0.407 e. The monoisotopic (exact) mass is 351 g/mol. The first kappa shape index (κ1) is 17.7. The Bertz CT molecular complexity index is 1000. The number of hydrogen-bond acceptors (Lipinski definition) is 4. The Morgan fingerprint density at radius 3 is 2.58 bits per heavy atom. The molecule has 0 fully saturated rings. The highest BCUT2D eigenvalue weighted by Crippen LogP contribution is 2.24. The highest BCUT2D eigenvalue weighted by molar-refractivity contribution is 5.93. The molecule has 1 amide bonds. The van der Waals surface area contributed by atoms with Crippen LogP contribution in [-0.2, 0) is 11.3 Å². The summed E-state index contributed by atoms with van der Waals surface area (Å²) < 4.78 is 5.24. The number of rotatable bonds is 3. The summed E-state index contributed by atoms with van der Waals surface area (Å²) in [6, 6.07) is 15.0. The highest BCUT2D eigenvalue weighted by Gasteiger charge is 2.16. The van der Waals surface area contributed by atoms with Crippen LogP contribution in [0.25, 0.3) is 22.0 Å². The number of carbonyl (C=O) groups excluding carboxylic acids is 1. The van der Waals surface area contributed by atoms with Crippen molar-refractivity contribution in [2.24, 2.45) is 0 Å². The van der Waals surface area contributed by atoms with Gasteiger partial charge in [-0.25, -0.2) is 9.89 Å². The molecule has 0 spiro atoms. The molecule has 0 atom stereocenters. The predicted molar refractivity (Wildman–Crippen MR) is 101 cm³/mol. The summed E-state index contributed by atoms with van der Waals surface area (Å²) >= 11 is 0. The molecule has 6 heteroatoms. The second-order valence-electron chi connectivity index (χ2n) is 7.00. The van der Waals surface area contributed by atoms with E-state index in [2.05, 4.69) is 15.5 Å². The van der Waals surface area contributed by atoms with Crippen LogP contribution in [0.5, 0.6) is 0 Å². The fourth-order valence-corrected chi connectivity index (χ4v) is 2.65. The van der Waals surface area contributed by atoms with E-state index in [-0.39, 0.29) is 5.56 Å². The first-order chi connectivity index (χ1) is 12.3. The Labute approximate surface area is 151 Å². The topological polar surface area (TPSA) is 84.1 Å². The molecule has 26 heavy (non-hydrogen) atoms.